The molecule has 0 aliphatic heterocycles. The first-order chi connectivity index (χ1) is 9.70. The quantitative estimate of drug-likeness (QED) is 0.878. The highest BCUT2D eigenvalue weighted by Crippen LogP contribution is 2.15. The van der Waals surface area contributed by atoms with E-state index in [-0.39, 0.29) is 12.4 Å². The highest BCUT2D eigenvalue weighted by molar-refractivity contribution is 5.25. The van der Waals surface area contributed by atoms with Crippen molar-refractivity contribution < 1.29 is 9.13 Å². The standard InChI is InChI=1S/C16H19FN2O/c1-3-18-10-13-8-9-16(19-12(13)2)20-11-14-6-4-5-7-15(14)17/h4-9,18H,3,10-11H2,1-2H3. The molecule has 1 heterocycles. The third-order valence-corrected chi connectivity index (χ3v) is 3.07. The van der Waals surface area contributed by atoms with E-state index in [9.17, 15) is 4.39 Å². The number of benzene rings is 1. The van der Waals surface area contributed by atoms with Crippen molar-refractivity contribution in [3.63, 3.8) is 0 Å². The Labute approximate surface area is 118 Å². The number of ether oxygens (including phenoxy) is 1. The lowest BCUT2D eigenvalue weighted by molar-refractivity contribution is 0.287. The van der Waals surface area contributed by atoms with Crippen LogP contribution < -0.4 is 10.1 Å². The minimum absolute atomic E-state index is 0.186. The summed E-state index contributed by atoms with van der Waals surface area (Å²) in [4.78, 5) is 4.39. The molecule has 1 aromatic carbocycles. The summed E-state index contributed by atoms with van der Waals surface area (Å²) < 4.78 is 19.0. The van der Waals surface area contributed by atoms with E-state index in [2.05, 4.69) is 17.2 Å². The minimum atomic E-state index is -0.256. The van der Waals surface area contributed by atoms with Gasteiger partial charge in [0.05, 0.1) is 0 Å². The van der Waals surface area contributed by atoms with Crippen LogP contribution in [0.25, 0.3) is 0 Å². The molecular formula is C16H19FN2O. The number of nitrogens with one attached hydrogen (secondary N) is 1. The molecule has 0 saturated carbocycles. The van der Waals surface area contributed by atoms with Gasteiger partial charge in [-0.15, -0.1) is 0 Å². The van der Waals surface area contributed by atoms with Gasteiger partial charge in [-0.25, -0.2) is 9.37 Å². The van der Waals surface area contributed by atoms with Crippen LogP contribution in [-0.4, -0.2) is 11.5 Å². The Kier molecular flexibility index (Phi) is 5.07. The van der Waals surface area contributed by atoms with Gasteiger partial charge in [0.15, 0.2) is 0 Å². The molecule has 0 saturated heterocycles. The fourth-order valence-corrected chi connectivity index (χ4v) is 1.86. The molecular weight excluding hydrogens is 255 g/mol. The van der Waals surface area contributed by atoms with Crippen LogP contribution in [0.1, 0.15) is 23.7 Å². The Morgan fingerprint density at radius 3 is 2.65 bits per heavy atom. The summed E-state index contributed by atoms with van der Waals surface area (Å²) in [6.45, 7) is 5.91. The maximum absolute atomic E-state index is 13.5. The van der Waals surface area contributed by atoms with E-state index in [4.69, 9.17) is 4.74 Å². The summed E-state index contributed by atoms with van der Waals surface area (Å²) in [5, 5.41) is 3.26. The second kappa shape index (κ2) is 7.01. The topological polar surface area (TPSA) is 34.1 Å². The largest absolute Gasteiger partial charge is 0.473 e. The minimum Gasteiger partial charge on any atom is -0.473 e. The molecule has 1 aromatic heterocycles. The van der Waals surface area contributed by atoms with Crippen LogP contribution in [0, 0.1) is 12.7 Å². The van der Waals surface area contributed by atoms with Gasteiger partial charge >= 0.3 is 0 Å². The summed E-state index contributed by atoms with van der Waals surface area (Å²) in [5.41, 5.74) is 2.60. The van der Waals surface area contributed by atoms with E-state index < -0.39 is 0 Å². The van der Waals surface area contributed by atoms with Crippen molar-refractivity contribution in [1.29, 1.82) is 0 Å². The van der Waals surface area contributed by atoms with Gasteiger partial charge in [-0.3, -0.25) is 0 Å². The SMILES string of the molecule is CCNCc1ccc(OCc2ccccc2F)nc1C. The fourth-order valence-electron chi connectivity index (χ4n) is 1.86. The predicted octanol–water partition coefficient (Wildman–Crippen LogP) is 3.22. The highest BCUT2D eigenvalue weighted by atomic mass is 19.1. The molecule has 4 heteroatoms. The van der Waals surface area contributed by atoms with E-state index in [1.165, 1.54) is 6.07 Å². The Morgan fingerprint density at radius 1 is 1.15 bits per heavy atom. The zero-order chi connectivity index (χ0) is 14.4. The van der Waals surface area contributed by atoms with Crippen LogP contribution in [0.2, 0.25) is 0 Å². The average Bonchev–Trinajstić information content (AvgIpc) is 2.45. The van der Waals surface area contributed by atoms with Crippen LogP contribution >= 0.6 is 0 Å². The monoisotopic (exact) mass is 274 g/mol. The first kappa shape index (κ1) is 14.5. The lowest BCUT2D eigenvalue weighted by atomic mass is 10.2. The molecule has 0 spiro atoms. The summed E-state index contributed by atoms with van der Waals surface area (Å²) in [6, 6.07) is 10.4. The van der Waals surface area contributed by atoms with Gasteiger partial charge in [-0.2, -0.15) is 0 Å². The second-order valence-corrected chi connectivity index (χ2v) is 4.55. The van der Waals surface area contributed by atoms with Crippen molar-refractivity contribution in [3.8, 4) is 5.88 Å². The molecule has 0 unspecified atom stereocenters. The van der Waals surface area contributed by atoms with Gasteiger partial charge in [0.1, 0.15) is 12.4 Å². The first-order valence-corrected chi connectivity index (χ1v) is 6.74. The van der Waals surface area contributed by atoms with Crippen molar-refractivity contribution in [2.24, 2.45) is 0 Å². The Hall–Kier alpha value is -1.94. The second-order valence-electron chi connectivity index (χ2n) is 4.55. The van der Waals surface area contributed by atoms with Crippen molar-refractivity contribution in [3.05, 3.63) is 59.0 Å². The number of aromatic nitrogens is 1. The van der Waals surface area contributed by atoms with E-state index >= 15 is 0 Å². The smallest absolute Gasteiger partial charge is 0.213 e. The van der Waals surface area contributed by atoms with Crippen molar-refractivity contribution in [2.45, 2.75) is 27.0 Å². The molecule has 0 amide bonds. The maximum atomic E-state index is 13.5. The van der Waals surface area contributed by atoms with Crippen molar-refractivity contribution >= 4 is 0 Å². The van der Waals surface area contributed by atoms with E-state index in [0.29, 0.717) is 11.4 Å². The summed E-state index contributed by atoms with van der Waals surface area (Å²) >= 11 is 0. The number of nitrogens with zero attached hydrogens (tertiary/aromatic N) is 1. The van der Waals surface area contributed by atoms with Gasteiger partial charge in [-0.1, -0.05) is 31.2 Å². The molecule has 0 radical (unpaired) electrons. The molecule has 0 fully saturated rings. The molecule has 2 aromatic rings. The number of aryl methyl sites for hydroxylation is 1. The molecule has 1 N–H and O–H groups in total. The number of hydrogen-bond acceptors (Lipinski definition) is 3. The van der Waals surface area contributed by atoms with Crippen LogP contribution in [-0.2, 0) is 13.2 Å². The molecule has 0 bridgehead atoms. The zero-order valence-electron chi connectivity index (χ0n) is 11.8. The van der Waals surface area contributed by atoms with Crippen LogP contribution in [0.4, 0.5) is 4.39 Å². The highest BCUT2D eigenvalue weighted by Gasteiger charge is 2.05. The molecule has 3 nitrogen and oxygen atoms in total. The molecule has 0 aliphatic carbocycles. The third kappa shape index (κ3) is 3.78. The molecule has 0 aliphatic rings. The molecule has 20 heavy (non-hydrogen) atoms. The molecule has 0 atom stereocenters. The van der Waals surface area contributed by atoms with Gasteiger partial charge < -0.3 is 10.1 Å². The first-order valence-electron chi connectivity index (χ1n) is 6.74. The molecule has 2 rings (SSSR count). The number of pyridine rings is 1. The van der Waals surface area contributed by atoms with E-state index in [1.807, 2.05) is 19.1 Å². The normalized spacial score (nSPS) is 10.6. The van der Waals surface area contributed by atoms with Gasteiger partial charge in [-0.05, 0) is 25.1 Å². The van der Waals surface area contributed by atoms with E-state index in [0.717, 1.165) is 24.3 Å². The average molecular weight is 274 g/mol. The predicted molar refractivity (Wildman–Crippen MR) is 77.1 cm³/mol. The Morgan fingerprint density at radius 2 is 1.95 bits per heavy atom. The molecule has 106 valence electrons. The zero-order valence-corrected chi connectivity index (χ0v) is 11.8. The Balaban J connectivity index is 2.00. The summed E-state index contributed by atoms with van der Waals surface area (Å²) in [7, 11) is 0. The van der Waals surface area contributed by atoms with Crippen LogP contribution in [0.3, 0.4) is 0 Å². The number of rotatable bonds is 6. The van der Waals surface area contributed by atoms with Crippen molar-refractivity contribution in [1.82, 2.24) is 10.3 Å². The van der Waals surface area contributed by atoms with E-state index in [1.54, 1.807) is 18.2 Å². The van der Waals surface area contributed by atoms with Crippen molar-refractivity contribution in [2.75, 3.05) is 6.54 Å². The third-order valence-electron chi connectivity index (χ3n) is 3.07. The maximum Gasteiger partial charge on any atom is 0.213 e. The van der Waals surface area contributed by atoms with Crippen LogP contribution in [0.15, 0.2) is 36.4 Å². The lowest BCUT2D eigenvalue weighted by Gasteiger charge is -2.10. The van der Waals surface area contributed by atoms with Gasteiger partial charge in [0.2, 0.25) is 5.88 Å². The fraction of sp³-hybridized carbons (Fsp3) is 0.312. The van der Waals surface area contributed by atoms with Crippen LogP contribution in [0.5, 0.6) is 5.88 Å². The van der Waals surface area contributed by atoms with Gasteiger partial charge in [0, 0.05) is 23.9 Å². The number of halogens is 1. The van der Waals surface area contributed by atoms with Gasteiger partial charge in [0.25, 0.3) is 0 Å². The Bertz CT molecular complexity index is 572. The lowest BCUT2D eigenvalue weighted by Crippen LogP contribution is -2.13. The summed E-state index contributed by atoms with van der Waals surface area (Å²) in [5.74, 6) is 0.263. The summed E-state index contributed by atoms with van der Waals surface area (Å²) in [6.07, 6.45) is 0. The number of hydrogen-bond donors (Lipinski definition) is 1.